The molecule has 0 amide bonds. The molecule has 17 heavy (non-hydrogen) atoms. The molecule has 1 aliphatic carbocycles. The topological polar surface area (TPSA) is 37.8 Å². The molecule has 1 fully saturated rings. The fourth-order valence-corrected chi connectivity index (χ4v) is 3.47. The van der Waals surface area contributed by atoms with Crippen LogP contribution in [0.5, 0.6) is 0 Å². The second-order valence-electron chi connectivity index (χ2n) is 4.80. The fourth-order valence-electron chi connectivity index (χ4n) is 2.51. The van der Waals surface area contributed by atoms with Gasteiger partial charge in [0.05, 0.1) is 10.2 Å². The van der Waals surface area contributed by atoms with Gasteiger partial charge in [-0.05, 0) is 30.7 Å². The van der Waals surface area contributed by atoms with Crippen molar-refractivity contribution < 1.29 is 0 Å². The minimum atomic E-state index is 0.601. The molecule has 1 N–H and O–H groups in total. The number of aryl methyl sites for hydroxylation is 1. The lowest BCUT2D eigenvalue weighted by Crippen LogP contribution is -2.22. The van der Waals surface area contributed by atoms with Crippen LogP contribution >= 0.6 is 11.3 Å². The molecule has 1 aliphatic rings. The van der Waals surface area contributed by atoms with Gasteiger partial charge in [0.2, 0.25) is 0 Å². The summed E-state index contributed by atoms with van der Waals surface area (Å²) in [5.41, 5.74) is 2.35. The molecule has 0 saturated heterocycles. The molecule has 90 valence electrons. The summed E-state index contributed by atoms with van der Waals surface area (Å²) < 4.78 is 1.20. The quantitative estimate of drug-likeness (QED) is 0.878. The summed E-state index contributed by atoms with van der Waals surface area (Å²) >= 11 is 1.74. The van der Waals surface area contributed by atoms with Crippen molar-refractivity contribution >= 4 is 27.4 Å². The Hall–Kier alpha value is -1.16. The lowest BCUT2D eigenvalue weighted by Gasteiger charge is -2.23. The van der Waals surface area contributed by atoms with E-state index in [9.17, 15) is 0 Å². The number of hydrogen-bond acceptors (Lipinski definition) is 4. The van der Waals surface area contributed by atoms with Crippen molar-refractivity contribution in [1.29, 1.82) is 0 Å². The maximum atomic E-state index is 4.40. The first kappa shape index (κ1) is 11.0. The molecule has 0 atom stereocenters. The van der Waals surface area contributed by atoms with Crippen LogP contribution in [0.15, 0.2) is 11.7 Å². The van der Waals surface area contributed by atoms with Gasteiger partial charge in [-0.1, -0.05) is 19.3 Å². The summed E-state index contributed by atoms with van der Waals surface area (Å²) in [6.07, 6.45) is 8.29. The van der Waals surface area contributed by atoms with Crippen LogP contribution < -0.4 is 5.32 Å². The number of hydrogen-bond donors (Lipinski definition) is 1. The van der Waals surface area contributed by atoms with Gasteiger partial charge < -0.3 is 5.32 Å². The van der Waals surface area contributed by atoms with Crippen LogP contribution in [0.25, 0.3) is 10.2 Å². The van der Waals surface area contributed by atoms with Crippen LogP contribution in [0.4, 0.5) is 5.82 Å². The van der Waals surface area contributed by atoms with E-state index < -0.39 is 0 Å². The van der Waals surface area contributed by atoms with Crippen molar-refractivity contribution in [2.45, 2.75) is 45.1 Å². The highest BCUT2D eigenvalue weighted by molar-refractivity contribution is 7.18. The first-order valence-electron chi connectivity index (χ1n) is 6.30. The van der Waals surface area contributed by atoms with E-state index in [1.54, 1.807) is 17.7 Å². The van der Waals surface area contributed by atoms with E-state index in [1.807, 2.05) is 0 Å². The van der Waals surface area contributed by atoms with Crippen LogP contribution in [-0.4, -0.2) is 16.0 Å². The number of rotatable bonds is 2. The van der Waals surface area contributed by atoms with Crippen molar-refractivity contribution in [3.63, 3.8) is 0 Å². The van der Waals surface area contributed by atoms with E-state index in [2.05, 4.69) is 27.6 Å². The molecule has 0 radical (unpaired) electrons. The second kappa shape index (κ2) is 4.61. The van der Waals surface area contributed by atoms with E-state index in [4.69, 9.17) is 0 Å². The van der Waals surface area contributed by atoms with E-state index in [1.165, 1.54) is 42.4 Å². The first-order chi connectivity index (χ1) is 8.34. The standard InChI is InChI=1S/C13H17N3S/c1-9-7-17-12-11(9)14-8-15-13(12)16-10-5-3-2-4-6-10/h7-8,10H,2-6H2,1H3,(H,14,15,16). The Kier molecular flexibility index (Phi) is 2.97. The van der Waals surface area contributed by atoms with Gasteiger partial charge in [0.1, 0.15) is 12.1 Å². The van der Waals surface area contributed by atoms with Gasteiger partial charge in [0.15, 0.2) is 0 Å². The average molecular weight is 247 g/mol. The summed E-state index contributed by atoms with van der Waals surface area (Å²) in [4.78, 5) is 8.76. The van der Waals surface area contributed by atoms with Gasteiger partial charge in [0, 0.05) is 6.04 Å². The Bertz CT molecular complexity index is 514. The zero-order valence-corrected chi connectivity index (χ0v) is 10.9. The lowest BCUT2D eigenvalue weighted by atomic mass is 9.95. The maximum absolute atomic E-state index is 4.40. The normalized spacial score (nSPS) is 17.5. The second-order valence-corrected chi connectivity index (χ2v) is 5.68. The third-order valence-corrected chi connectivity index (χ3v) is 4.57. The third kappa shape index (κ3) is 2.14. The Balaban J connectivity index is 1.89. The SMILES string of the molecule is Cc1csc2c(NC3CCCCC3)ncnc12. The molecule has 1 saturated carbocycles. The molecule has 0 aromatic carbocycles. The number of fused-ring (bicyclic) bond motifs is 1. The van der Waals surface area contributed by atoms with Crippen LogP contribution in [-0.2, 0) is 0 Å². The Morgan fingerprint density at radius 2 is 2.06 bits per heavy atom. The summed E-state index contributed by atoms with van der Waals surface area (Å²) in [6.45, 7) is 2.11. The predicted molar refractivity (Wildman–Crippen MR) is 72.6 cm³/mol. The number of nitrogens with zero attached hydrogens (tertiary/aromatic N) is 2. The molecule has 3 rings (SSSR count). The minimum Gasteiger partial charge on any atom is -0.366 e. The molecular weight excluding hydrogens is 230 g/mol. The molecule has 0 aliphatic heterocycles. The van der Waals surface area contributed by atoms with Gasteiger partial charge in [-0.25, -0.2) is 9.97 Å². The third-order valence-electron chi connectivity index (χ3n) is 3.48. The first-order valence-corrected chi connectivity index (χ1v) is 7.18. The average Bonchev–Trinajstić information content (AvgIpc) is 2.74. The molecule has 0 spiro atoms. The van der Waals surface area contributed by atoms with Gasteiger partial charge in [0.25, 0.3) is 0 Å². The van der Waals surface area contributed by atoms with Gasteiger partial charge in [-0.15, -0.1) is 11.3 Å². The molecular formula is C13H17N3S. The van der Waals surface area contributed by atoms with E-state index >= 15 is 0 Å². The van der Waals surface area contributed by atoms with Crippen molar-refractivity contribution in [1.82, 2.24) is 9.97 Å². The largest absolute Gasteiger partial charge is 0.366 e. The summed E-state index contributed by atoms with van der Waals surface area (Å²) in [6, 6.07) is 0.601. The van der Waals surface area contributed by atoms with Crippen LogP contribution in [0.1, 0.15) is 37.7 Å². The van der Waals surface area contributed by atoms with E-state index in [0.717, 1.165) is 11.3 Å². The molecule has 0 bridgehead atoms. The van der Waals surface area contributed by atoms with Gasteiger partial charge in [-0.2, -0.15) is 0 Å². The Morgan fingerprint density at radius 1 is 1.24 bits per heavy atom. The molecule has 4 heteroatoms. The number of nitrogens with one attached hydrogen (secondary N) is 1. The Morgan fingerprint density at radius 3 is 2.88 bits per heavy atom. The summed E-state index contributed by atoms with van der Waals surface area (Å²) in [5, 5.41) is 5.75. The van der Waals surface area contributed by atoms with Crippen LogP contribution in [0.3, 0.4) is 0 Å². The van der Waals surface area contributed by atoms with Crippen molar-refractivity contribution in [2.75, 3.05) is 5.32 Å². The zero-order chi connectivity index (χ0) is 11.7. The maximum Gasteiger partial charge on any atom is 0.147 e. The van der Waals surface area contributed by atoms with Gasteiger partial charge in [-0.3, -0.25) is 0 Å². The highest BCUT2D eigenvalue weighted by Crippen LogP contribution is 2.30. The fraction of sp³-hybridized carbons (Fsp3) is 0.538. The number of thiophene rings is 1. The number of aromatic nitrogens is 2. The smallest absolute Gasteiger partial charge is 0.147 e. The van der Waals surface area contributed by atoms with Crippen LogP contribution in [0, 0.1) is 6.92 Å². The molecule has 2 heterocycles. The minimum absolute atomic E-state index is 0.601. The summed E-state index contributed by atoms with van der Waals surface area (Å²) in [7, 11) is 0. The van der Waals surface area contributed by atoms with Crippen molar-refractivity contribution in [3.8, 4) is 0 Å². The molecule has 3 nitrogen and oxygen atoms in total. The molecule has 0 unspecified atom stereocenters. The van der Waals surface area contributed by atoms with E-state index in [0.29, 0.717) is 6.04 Å². The molecule has 2 aromatic heterocycles. The summed E-state index contributed by atoms with van der Waals surface area (Å²) in [5.74, 6) is 1.03. The van der Waals surface area contributed by atoms with E-state index in [-0.39, 0.29) is 0 Å². The van der Waals surface area contributed by atoms with Crippen molar-refractivity contribution in [2.24, 2.45) is 0 Å². The Labute approximate surface area is 105 Å². The highest BCUT2D eigenvalue weighted by atomic mass is 32.1. The van der Waals surface area contributed by atoms with Crippen molar-refractivity contribution in [3.05, 3.63) is 17.3 Å². The monoisotopic (exact) mass is 247 g/mol. The van der Waals surface area contributed by atoms with Gasteiger partial charge >= 0.3 is 0 Å². The lowest BCUT2D eigenvalue weighted by molar-refractivity contribution is 0.462. The van der Waals surface area contributed by atoms with Crippen LogP contribution in [0.2, 0.25) is 0 Å². The predicted octanol–water partition coefficient (Wildman–Crippen LogP) is 3.74. The highest BCUT2D eigenvalue weighted by Gasteiger charge is 2.15. The number of anilines is 1. The molecule has 2 aromatic rings. The zero-order valence-electron chi connectivity index (χ0n) is 10.1.